The monoisotopic (exact) mass is 336 g/mol. The smallest absolute Gasteiger partial charge is 0.307 e. The largest absolute Gasteiger partial charge is 0.481 e. The predicted molar refractivity (Wildman–Crippen MR) is 86.9 cm³/mol. The van der Waals surface area contributed by atoms with Crippen LogP contribution in [-0.4, -0.2) is 22.9 Å². The minimum absolute atomic E-state index is 0.358. The molecule has 0 spiro atoms. The Balaban J connectivity index is 2.03. The van der Waals surface area contributed by atoms with Crippen molar-refractivity contribution in [2.75, 3.05) is 0 Å². The molecular weight excluding hydrogens is 316 g/mol. The van der Waals surface area contributed by atoms with Crippen molar-refractivity contribution in [2.24, 2.45) is 11.8 Å². The SMILES string of the molecule is CC1=C(C)C[C@@H](C(=O)NNC(=O)c2sccc2C)[C@H](C(=O)O)C1. The van der Waals surface area contributed by atoms with E-state index in [1.165, 1.54) is 11.3 Å². The number of carbonyl (C=O) groups excluding carboxylic acids is 2. The van der Waals surface area contributed by atoms with E-state index in [9.17, 15) is 19.5 Å². The Bertz CT molecular complexity index is 677. The fourth-order valence-electron chi connectivity index (χ4n) is 2.70. The van der Waals surface area contributed by atoms with E-state index < -0.39 is 29.6 Å². The van der Waals surface area contributed by atoms with E-state index in [4.69, 9.17) is 0 Å². The number of thiophene rings is 1. The zero-order valence-corrected chi connectivity index (χ0v) is 14.1. The Morgan fingerprint density at radius 3 is 2.22 bits per heavy atom. The summed E-state index contributed by atoms with van der Waals surface area (Å²) < 4.78 is 0. The van der Waals surface area contributed by atoms with E-state index >= 15 is 0 Å². The van der Waals surface area contributed by atoms with Crippen LogP contribution < -0.4 is 10.9 Å². The lowest BCUT2D eigenvalue weighted by Gasteiger charge is -2.29. The lowest BCUT2D eigenvalue weighted by Crippen LogP contribution is -2.48. The highest BCUT2D eigenvalue weighted by Gasteiger charge is 2.37. The van der Waals surface area contributed by atoms with Crippen molar-refractivity contribution in [3.8, 4) is 0 Å². The second-order valence-corrected chi connectivity index (χ2v) is 6.81. The molecule has 0 unspecified atom stereocenters. The molecule has 6 nitrogen and oxygen atoms in total. The van der Waals surface area contributed by atoms with Gasteiger partial charge in [-0.1, -0.05) is 11.1 Å². The molecule has 1 aliphatic carbocycles. The van der Waals surface area contributed by atoms with Crippen LogP contribution in [0.3, 0.4) is 0 Å². The molecule has 1 aromatic heterocycles. The van der Waals surface area contributed by atoms with Crippen LogP contribution in [0.25, 0.3) is 0 Å². The zero-order valence-electron chi connectivity index (χ0n) is 13.3. The zero-order chi connectivity index (χ0) is 17.1. The number of rotatable bonds is 3. The summed E-state index contributed by atoms with van der Waals surface area (Å²) in [6.07, 6.45) is 0.750. The number of amides is 2. The molecule has 2 rings (SSSR count). The number of hydrogen-bond donors (Lipinski definition) is 3. The third-order valence-electron chi connectivity index (χ3n) is 4.29. The molecule has 0 fully saturated rings. The van der Waals surface area contributed by atoms with Crippen molar-refractivity contribution >= 4 is 29.1 Å². The number of hydrogen-bond acceptors (Lipinski definition) is 4. The molecule has 0 aliphatic heterocycles. The molecule has 2 atom stereocenters. The van der Waals surface area contributed by atoms with Gasteiger partial charge in [0.05, 0.1) is 16.7 Å². The summed E-state index contributed by atoms with van der Waals surface area (Å²) in [5.41, 5.74) is 7.62. The Kier molecular flexibility index (Phi) is 5.20. The van der Waals surface area contributed by atoms with Crippen LogP contribution in [0.4, 0.5) is 0 Å². The van der Waals surface area contributed by atoms with Crippen LogP contribution in [0, 0.1) is 18.8 Å². The molecule has 1 aromatic rings. The predicted octanol–water partition coefficient (Wildman–Crippen LogP) is 2.26. The molecular formula is C16H20N2O4S. The van der Waals surface area contributed by atoms with E-state index in [0.29, 0.717) is 17.7 Å². The maximum Gasteiger partial charge on any atom is 0.307 e. The van der Waals surface area contributed by atoms with Crippen LogP contribution in [-0.2, 0) is 9.59 Å². The molecule has 1 heterocycles. The van der Waals surface area contributed by atoms with Gasteiger partial charge in [0.1, 0.15) is 0 Å². The molecule has 0 saturated heterocycles. The minimum Gasteiger partial charge on any atom is -0.481 e. The Hall–Kier alpha value is -2.15. The van der Waals surface area contributed by atoms with Crippen molar-refractivity contribution < 1.29 is 19.5 Å². The number of nitrogens with one attached hydrogen (secondary N) is 2. The molecule has 0 bridgehead atoms. The first-order chi connectivity index (χ1) is 10.8. The van der Waals surface area contributed by atoms with E-state index in [-0.39, 0.29) is 0 Å². The maximum absolute atomic E-state index is 12.3. The highest BCUT2D eigenvalue weighted by atomic mass is 32.1. The number of allylic oxidation sites excluding steroid dienone is 2. The van der Waals surface area contributed by atoms with Gasteiger partial charge in [0.2, 0.25) is 5.91 Å². The first-order valence-electron chi connectivity index (χ1n) is 7.33. The minimum atomic E-state index is -0.988. The Morgan fingerprint density at radius 1 is 1.09 bits per heavy atom. The molecule has 7 heteroatoms. The van der Waals surface area contributed by atoms with Gasteiger partial charge in [-0.2, -0.15) is 0 Å². The van der Waals surface area contributed by atoms with Gasteiger partial charge < -0.3 is 5.11 Å². The molecule has 2 amide bonds. The fourth-order valence-corrected chi connectivity index (χ4v) is 3.52. The average molecular weight is 336 g/mol. The maximum atomic E-state index is 12.3. The first-order valence-corrected chi connectivity index (χ1v) is 8.21. The van der Waals surface area contributed by atoms with Crippen molar-refractivity contribution in [3.05, 3.63) is 33.0 Å². The highest BCUT2D eigenvalue weighted by Crippen LogP contribution is 2.34. The van der Waals surface area contributed by atoms with Crippen molar-refractivity contribution in [2.45, 2.75) is 33.6 Å². The number of carbonyl (C=O) groups is 3. The van der Waals surface area contributed by atoms with Gasteiger partial charge in [0, 0.05) is 0 Å². The summed E-state index contributed by atoms with van der Waals surface area (Å²) in [5, 5.41) is 11.1. The molecule has 124 valence electrons. The summed E-state index contributed by atoms with van der Waals surface area (Å²) in [6.45, 7) is 5.60. The standard InChI is InChI=1S/C16H20N2O4S/c1-8-4-5-23-13(8)15(20)18-17-14(19)11-6-9(2)10(3)7-12(11)16(21)22/h4-5,11-12H,6-7H2,1-3H3,(H,17,19)(H,18,20)(H,21,22)/t11-,12-/m1/s1. The van der Waals surface area contributed by atoms with Crippen molar-refractivity contribution in [1.29, 1.82) is 0 Å². The normalized spacial score (nSPS) is 21.0. The quantitative estimate of drug-likeness (QED) is 0.583. The van der Waals surface area contributed by atoms with Gasteiger partial charge in [-0.15, -0.1) is 11.3 Å². The molecule has 0 saturated carbocycles. The second kappa shape index (κ2) is 6.95. The van der Waals surface area contributed by atoms with Crippen molar-refractivity contribution in [1.82, 2.24) is 10.9 Å². The third kappa shape index (κ3) is 3.79. The van der Waals surface area contributed by atoms with Gasteiger partial charge in [0.25, 0.3) is 5.91 Å². The fraction of sp³-hybridized carbons (Fsp3) is 0.438. The molecule has 23 heavy (non-hydrogen) atoms. The summed E-state index contributed by atoms with van der Waals surface area (Å²) in [7, 11) is 0. The number of hydrazine groups is 1. The number of aryl methyl sites for hydroxylation is 1. The number of carboxylic acid groups (broad SMARTS) is 1. The topological polar surface area (TPSA) is 95.5 Å². The third-order valence-corrected chi connectivity index (χ3v) is 5.30. The van der Waals surface area contributed by atoms with Crippen LogP contribution in [0.1, 0.15) is 41.9 Å². The summed E-state index contributed by atoms with van der Waals surface area (Å²) in [6, 6.07) is 1.82. The van der Waals surface area contributed by atoms with Crippen LogP contribution >= 0.6 is 11.3 Å². The lowest BCUT2D eigenvalue weighted by atomic mass is 9.76. The molecule has 3 N–H and O–H groups in total. The Morgan fingerprint density at radius 2 is 1.70 bits per heavy atom. The first kappa shape index (κ1) is 17.2. The van der Waals surface area contributed by atoms with Crippen LogP contribution in [0.5, 0.6) is 0 Å². The van der Waals surface area contributed by atoms with Crippen molar-refractivity contribution in [3.63, 3.8) is 0 Å². The summed E-state index contributed by atoms with van der Waals surface area (Å²) >= 11 is 1.29. The van der Waals surface area contributed by atoms with E-state index in [1.54, 1.807) is 5.38 Å². The van der Waals surface area contributed by atoms with Gasteiger partial charge in [-0.3, -0.25) is 25.2 Å². The second-order valence-electron chi connectivity index (χ2n) is 5.90. The molecule has 0 aromatic carbocycles. The summed E-state index contributed by atoms with van der Waals surface area (Å²) in [4.78, 5) is 36.2. The van der Waals surface area contributed by atoms with E-state index in [2.05, 4.69) is 10.9 Å². The molecule has 0 radical (unpaired) electrons. The van der Waals surface area contributed by atoms with Gasteiger partial charge in [-0.05, 0) is 50.6 Å². The number of carboxylic acids is 1. The van der Waals surface area contributed by atoms with E-state index in [0.717, 1.165) is 16.7 Å². The summed E-state index contributed by atoms with van der Waals surface area (Å²) in [5.74, 6) is -3.29. The van der Waals surface area contributed by atoms with E-state index in [1.807, 2.05) is 26.8 Å². The lowest BCUT2D eigenvalue weighted by molar-refractivity contribution is -0.147. The Labute approximate surface area is 138 Å². The number of aliphatic carboxylic acids is 1. The van der Waals surface area contributed by atoms with Gasteiger partial charge >= 0.3 is 5.97 Å². The average Bonchev–Trinajstić information content (AvgIpc) is 2.92. The van der Waals surface area contributed by atoms with Crippen LogP contribution in [0.2, 0.25) is 0 Å². The van der Waals surface area contributed by atoms with Crippen LogP contribution in [0.15, 0.2) is 22.6 Å². The molecule has 1 aliphatic rings. The highest BCUT2D eigenvalue weighted by molar-refractivity contribution is 7.12. The van der Waals surface area contributed by atoms with Gasteiger partial charge in [-0.25, -0.2) is 0 Å². The van der Waals surface area contributed by atoms with Gasteiger partial charge in [0.15, 0.2) is 0 Å².